The van der Waals surface area contributed by atoms with Gasteiger partial charge < -0.3 is 15.4 Å². The number of carbonyl (C=O) groups excluding carboxylic acids is 2. The van der Waals surface area contributed by atoms with E-state index in [1.165, 1.54) is 19.3 Å². The number of primary amides is 1. The van der Waals surface area contributed by atoms with E-state index in [0.717, 1.165) is 31.5 Å². The molecule has 1 fully saturated rings. The van der Waals surface area contributed by atoms with E-state index in [9.17, 15) is 9.59 Å². The van der Waals surface area contributed by atoms with Gasteiger partial charge in [-0.2, -0.15) is 0 Å². The van der Waals surface area contributed by atoms with Gasteiger partial charge in [-0.25, -0.2) is 0 Å². The highest BCUT2D eigenvalue weighted by molar-refractivity contribution is 5.95. The van der Waals surface area contributed by atoms with Gasteiger partial charge in [-0.15, -0.1) is 0 Å². The first-order valence-corrected chi connectivity index (χ1v) is 7.89. The molecule has 0 aromatic heterocycles. The lowest BCUT2D eigenvalue weighted by Crippen LogP contribution is -2.37. The van der Waals surface area contributed by atoms with Crippen molar-refractivity contribution in [3.05, 3.63) is 29.3 Å². The molecule has 5 heteroatoms. The van der Waals surface area contributed by atoms with Crippen LogP contribution in [0.1, 0.15) is 48.0 Å². The average Bonchev–Trinajstić information content (AvgIpc) is 2.44. The molecular formula is C17H24N2O3. The van der Waals surface area contributed by atoms with Gasteiger partial charge in [0.2, 0.25) is 0 Å². The summed E-state index contributed by atoms with van der Waals surface area (Å²) in [5, 5.41) is 0. The predicted octanol–water partition coefficient (Wildman–Crippen LogP) is 2.27. The largest absolute Gasteiger partial charge is 0.483 e. The van der Waals surface area contributed by atoms with Crippen molar-refractivity contribution in [2.24, 2.45) is 5.73 Å². The maximum atomic E-state index is 12.3. The fourth-order valence-corrected chi connectivity index (χ4v) is 2.68. The van der Waals surface area contributed by atoms with Crippen molar-refractivity contribution in [2.45, 2.75) is 39.0 Å². The van der Waals surface area contributed by atoms with Gasteiger partial charge in [-0.05, 0) is 37.5 Å². The van der Waals surface area contributed by atoms with E-state index >= 15 is 0 Å². The summed E-state index contributed by atoms with van der Waals surface area (Å²) in [5.41, 5.74) is 6.61. The van der Waals surface area contributed by atoms with E-state index in [-0.39, 0.29) is 12.5 Å². The molecule has 22 heavy (non-hydrogen) atoms. The van der Waals surface area contributed by atoms with Crippen molar-refractivity contribution in [2.75, 3.05) is 19.7 Å². The lowest BCUT2D eigenvalue weighted by Gasteiger charge is -2.25. The molecule has 2 amide bonds. The molecule has 1 aliphatic heterocycles. The lowest BCUT2D eigenvalue weighted by molar-refractivity contribution is -0.133. The van der Waals surface area contributed by atoms with Crippen molar-refractivity contribution in [3.63, 3.8) is 0 Å². The molecule has 0 bridgehead atoms. The molecule has 1 aromatic carbocycles. The zero-order valence-corrected chi connectivity index (χ0v) is 13.1. The van der Waals surface area contributed by atoms with Crippen LogP contribution in [0.5, 0.6) is 5.75 Å². The first-order chi connectivity index (χ1) is 10.6. The SMILES string of the molecule is Cc1ccc(C(N)=O)c(OCC(=O)N2CCCCCCC2)c1. The molecule has 1 heterocycles. The quantitative estimate of drug-likeness (QED) is 0.927. The summed E-state index contributed by atoms with van der Waals surface area (Å²) in [6.07, 6.45) is 5.69. The molecule has 2 rings (SSSR count). The van der Waals surface area contributed by atoms with Crippen molar-refractivity contribution >= 4 is 11.8 Å². The van der Waals surface area contributed by atoms with E-state index in [4.69, 9.17) is 10.5 Å². The molecular weight excluding hydrogens is 280 g/mol. The molecule has 0 atom stereocenters. The van der Waals surface area contributed by atoms with Crippen molar-refractivity contribution in [1.82, 2.24) is 4.90 Å². The highest BCUT2D eigenvalue weighted by Crippen LogP contribution is 2.20. The van der Waals surface area contributed by atoms with Gasteiger partial charge in [0, 0.05) is 13.1 Å². The van der Waals surface area contributed by atoms with Crippen molar-refractivity contribution < 1.29 is 14.3 Å². The average molecular weight is 304 g/mol. The molecule has 0 radical (unpaired) electrons. The number of benzene rings is 1. The van der Waals surface area contributed by atoms with E-state index in [1.807, 2.05) is 11.8 Å². The normalized spacial score (nSPS) is 15.8. The van der Waals surface area contributed by atoms with Gasteiger partial charge in [0.25, 0.3) is 11.8 Å². The minimum Gasteiger partial charge on any atom is -0.483 e. The Morgan fingerprint density at radius 1 is 1.14 bits per heavy atom. The second-order valence-electron chi connectivity index (χ2n) is 5.80. The number of rotatable bonds is 4. The Morgan fingerprint density at radius 3 is 2.41 bits per heavy atom. The topological polar surface area (TPSA) is 72.6 Å². The number of nitrogens with zero attached hydrogens (tertiary/aromatic N) is 1. The summed E-state index contributed by atoms with van der Waals surface area (Å²) in [4.78, 5) is 25.6. The predicted molar refractivity (Wildman–Crippen MR) is 84.9 cm³/mol. The number of likely N-dealkylation sites (tertiary alicyclic amines) is 1. The molecule has 5 nitrogen and oxygen atoms in total. The zero-order valence-electron chi connectivity index (χ0n) is 13.1. The molecule has 0 aliphatic carbocycles. The second kappa shape index (κ2) is 7.82. The van der Waals surface area contributed by atoms with E-state index in [2.05, 4.69) is 0 Å². The van der Waals surface area contributed by atoms with Crippen LogP contribution >= 0.6 is 0 Å². The molecule has 1 aromatic rings. The Hall–Kier alpha value is -2.04. The third-order valence-electron chi connectivity index (χ3n) is 3.96. The minimum absolute atomic E-state index is 0.0289. The number of ether oxygens (including phenoxy) is 1. The molecule has 0 spiro atoms. The Kier molecular flexibility index (Phi) is 5.81. The Bertz CT molecular complexity index is 535. The van der Waals surface area contributed by atoms with Gasteiger partial charge in [-0.3, -0.25) is 9.59 Å². The van der Waals surface area contributed by atoms with Crippen LogP contribution in [0.15, 0.2) is 18.2 Å². The van der Waals surface area contributed by atoms with Crippen LogP contribution in [0.2, 0.25) is 0 Å². The summed E-state index contributed by atoms with van der Waals surface area (Å²) in [7, 11) is 0. The van der Waals surface area contributed by atoms with Crippen LogP contribution < -0.4 is 10.5 Å². The zero-order chi connectivity index (χ0) is 15.9. The number of amides is 2. The molecule has 0 unspecified atom stereocenters. The first-order valence-electron chi connectivity index (χ1n) is 7.89. The molecule has 120 valence electrons. The minimum atomic E-state index is -0.547. The first kappa shape index (κ1) is 16.3. The standard InChI is InChI=1S/C17H24N2O3/c1-13-7-8-14(17(18)21)15(11-13)22-12-16(20)19-9-5-3-2-4-6-10-19/h7-8,11H,2-6,9-10,12H2,1H3,(H2,18,21). The van der Waals surface area contributed by atoms with Crippen molar-refractivity contribution in [3.8, 4) is 5.75 Å². The fraction of sp³-hybridized carbons (Fsp3) is 0.529. The van der Waals surface area contributed by atoms with E-state index < -0.39 is 5.91 Å². The highest BCUT2D eigenvalue weighted by atomic mass is 16.5. The van der Waals surface area contributed by atoms with Gasteiger partial charge in [0.1, 0.15) is 5.75 Å². The lowest BCUT2D eigenvalue weighted by atomic mass is 10.1. The fourth-order valence-electron chi connectivity index (χ4n) is 2.68. The number of hydrogen-bond donors (Lipinski definition) is 1. The van der Waals surface area contributed by atoms with Gasteiger partial charge in [0.05, 0.1) is 5.56 Å². The summed E-state index contributed by atoms with van der Waals surface area (Å²) >= 11 is 0. The molecule has 2 N–H and O–H groups in total. The Balaban J connectivity index is 1.98. The summed E-state index contributed by atoms with van der Waals surface area (Å²) < 4.78 is 5.57. The summed E-state index contributed by atoms with van der Waals surface area (Å²) in [6.45, 7) is 3.43. The van der Waals surface area contributed by atoms with Gasteiger partial charge >= 0.3 is 0 Å². The van der Waals surface area contributed by atoms with E-state index in [0.29, 0.717) is 11.3 Å². The van der Waals surface area contributed by atoms with Crippen molar-refractivity contribution in [1.29, 1.82) is 0 Å². The molecule has 1 aliphatic rings. The highest BCUT2D eigenvalue weighted by Gasteiger charge is 2.17. The third-order valence-corrected chi connectivity index (χ3v) is 3.96. The summed E-state index contributed by atoms with van der Waals surface area (Å²) in [5.74, 6) is -0.194. The van der Waals surface area contributed by atoms with Gasteiger partial charge in [-0.1, -0.05) is 25.3 Å². The van der Waals surface area contributed by atoms with Crippen LogP contribution in [0, 0.1) is 6.92 Å². The summed E-state index contributed by atoms with van der Waals surface area (Å²) in [6, 6.07) is 5.17. The second-order valence-corrected chi connectivity index (χ2v) is 5.80. The maximum Gasteiger partial charge on any atom is 0.260 e. The third kappa shape index (κ3) is 4.48. The number of nitrogens with two attached hydrogens (primary N) is 1. The number of hydrogen-bond acceptors (Lipinski definition) is 3. The van der Waals surface area contributed by atoms with Crippen LogP contribution in [-0.4, -0.2) is 36.4 Å². The van der Waals surface area contributed by atoms with E-state index in [1.54, 1.807) is 18.2 Å². The molecule has 1 saturated heterocycles. The number of carbonyl (C=O) groups is 2. The Labute approximate surface area is 131 Å². The molecule has 0 saturated carbocycles. The Morgan fingerprint density at radius 2 is 1.77 bits per heavy atom. The van der Waals surface area contributed by atoms with Gasteiger partial charge in [0.15, 0.2) is 6.61 Å². The van der Waals surface area contributed by atoms with Crippen LogP contribution in [0.4, 0.5) is 0 Å². The van der Waals surface area contributed by atoms with Crippen LogP contribution in [0.3, 0.4) is 0 Å². The number of aryl methyl sites for hydroxylation is 1. The maximum absolute atomic E-state index is 12.3. The van der Waals surface area contributed by atoms with Crippen LogP contribution in [-0.2, 0) is 4.79 Å². The monoisotopic (exact) mass is 304 g/mol. The smallest absolute Gasteiger partial charge is 0.260 e. The van der Waals surface area contributed by atoms with Crippen LogP contribution in [0.25, 0.3) is 0 Å².